The van der Waals surface area contributed by atoms with E-state index in [1.165, 1.54) is 6.92 Å². The number of carbonyl (C=O) groups excluding carboxylic acids is 4. The number of ether oxygens (including phenoxy) is 1. The number of carbonyl (C=O) groups is 4. The molecule has 154 valence electrons. The molecule has 2 saturated heterocycles. The Morgan fingerprint density at radius 3 is 2.36 bits per heavy atom. The predicted octanol–water partition coefficient (Wildman–Crippen LogP) is -0.437. The number of amides is 3. The highest BCUT2D eigenvalue weighted by atomic mass is 32.2. The molecule has 0 aromatic heterocycles. The number of rotatable bonds is 6. The summed E-state index contributed by atoms with van der Waals surface area (Å²) in [4.78, 5) is 49.9. The minimum absolute atomic E-state index is 0.0293. The molecule has 0 aromatic rings. The van der Waals surface area contributed by atoms with Crippen molar-refractivity contribution in [2.45, 2.75) is 44.8 Å². The molecule has 3 aliphatic rings. The number of esters is 1. The predicted molar refractivity (Wildman–Crippen MR) is 97.4 cm³/mol. The molecule has 1 N–H and O–H groups in total. The van der Waals surface area contributed by atoms with E-state index in [1.54, 1.807) is 0 Å². The highest BCUT2D eigenvalue weighted by molar-refractivity contribution is 7.91. The molecule has 1 aliphatic carbocycles. The molecule has 3 amide bonds. The zero-order valence-corrected chi connectivity index (χ0v) is 16.4. The molecule has 0 bridgehead atoms. The Morgan fingerprint density at radius 2 is 1.82 bits per heavy atom. The summed E-state index contributed by atoms with van der Waals surface area (Å²) in [5.74, 6) is -2.57. The van der Waals surface area contributed by atoms with Crippen molar-refractivity contribution >= 4 is 33.5 Å². The average Bonchev–Trinajstić information content (AvgIpc) is 3.10. The summed E-state index contributed by atoms with van der Waals surface area (Å²) < 4.78 is 27.9. The van der Waals surface area contributed by atoms with E-state index >= 15 is 0 Å². The van der Waals surface area contributed by atoms with Crippen LogP contribution in [0.15, 0.2) is 12.2 Å². The molecule has 0 spiro atoms. The van der Waals surface area contributed by atoms with Crippen molar-refractivity contribution in [3.63, 3.8) is 0 Å². The van der Waals surface area contributed by atoms with Crippen LogP contribution in [0.5, 0.6) is 0 Å². The fourth-order valence-corrected chi connectivity index (χ4v) is 5.50. The van der Waals surface area contributed by atoms with E-state index in [0.29, 0.717) is 19.3 Å². The first-order valence-corrected chi connectivity index (χ1v) is 11.2. The van der Waals surface area contributed by atoms with Gasteiger partial charge in [0.1, 0.15) is 0 Å². The monoisotopic (exact) mass is 412 g/mol. The maximum Gasteiger partial charge on any atom is 0.308 e. The fourth-order valence-electron chi connectivity index (χ4n) is 3.83. The van der Waals surface area contributed by atoms with Crippen LogP contribution >= 0.6 is 0 Å². The lowest BCUT2D eigenvalue weighted by atomic mass is 9.85. The number of allylic oxidation sites excluding steroid dienone is 2. The minimum atomic E-state index is -3.12. The molecule has 3 rings (SSSR count). The molecule has 4 atom stereocenters. The number of imide groups is 1. The Hall–Kier alpha value is -2.23. The topological polar surface area (TPSA) is 127 Å². The van der Waals surface area contributed by atoms with Crippen LogP contribution in [-0.2, 0) is 33.8 Å². The SMILES string of the molecule is C[C@@H](OC(=O)CCN1C(=O)[C@H]2CC=CC[C@H]2C1=O)C(=O)N[C@H]1CCS(=O)(=O)C1. The molecule has 28 heavy (non-hydrogen) atoms. The lowest BCUT2D eigenvalue weighted by Gasteiger charge is -2.18. The van der Waals surface area contributed by atoms with Gasteiger partial charge in [0.25, 0.3) is 5.91 Å². The smallest absolute Gasteiger partial charge is 0.308 e. The van der Waals surface area contributed by atoms with Gasteiger partial charge in [-0.25, -0.2) is 8.42 Å². The van der Waals surface area contributed by atoms with Gasteiger partial charge in [-0.05, 0) is 26.2 Å². The van der Waals surface area contributed by atoms with Gasteiger partial charge in [-0.2, -0.15) is 0 Å². The van der Waals surface area contributed by atoms with E-state index in [4.69, 9.17) is 4.74 Å². The average molecular weight is 412 g/mol. The first-order chi connectivity index (χ1) is 13.2. The number of fused-ring (bicyclic) bond motifs is 1. The zero-order valence-electron chi connectivity index (χ0n) is 15.6. The third-order valence-corrected chi connectivity index (χ3v) is 7.16. The Labute approximate surface area is 163 Å². The van der Waals surface area contributed by atoms with Crippen molar-refractivity contribution in [3.8, 4) is 0 Å². The van der Waals surface area contributed by atoms with Crippen LogP contribution in [0.1, 0.15) is 32.6 Å². The summed E-state index contributed by atoms with van der Waals surface area (Å²) in [6, 6.07) is -0.476. The van der Waals surface area contributed by atoms with Crippen molar-refractivity contribution in [1.82, 2.24) is 10.2 Å². The minimum Gasteiger partial charge on any atom is -0.452 e. The third kappa shape index (κ3) is 4.43. The number of sulfone groups is 1. The quantitative estimate of drug-likeness (QED) is 0.356. The van der Waals surface area contributed by atoms with Gasteiger partial charge in [0, 0.05) is 12.6 Å². The lowest BCUT2D eigenvalue weighted by molar-refractivity contribution is -0.155. The van der Waals surface area contributed by atoms with Gasteiger partial charge in [0.2, 0.25) is 11.8 Å². The van der Waals surface area contributed by atoms with Gasteiger partial charge in [-0.1, -0.05) is 12.2 Å². The van der Waals surface area contributed by atoms with Crippen LogP contribution in [-0.4, -0.2) is 67.2 Å². The molecule has 10 heteroatoms. The Morgan fingerprint density at radius 1 is 1.21 bits per heavy atom. The van der Waals surface area contributed by atoms with E-state index in [2.05, 4.69) is 5.32 Å². The summed E-state index contributed by atoms with van der Waals surface area (Å²) in [6.07, 6.45) is 3.90. The van der Waals surface area contributed by atoms with Gasteiger partial charge < -0.3 is 10.1 Å². The summed E-state index contributed by atoms with van der Waals surface area (Å²) in [5, 5.41) is 2.56. The van der Waals surface area contributed by atoms with Crippen molar-refractivity contribution in [2.75, 3.05) is 18.1 Å². The van der Waals surface area contributed by atoms with Gasteiger partial charge in [0.15, 0.2) is 15.9 Å². The molecular weight excluding hydrogens is 388 g/mol. The number of hydrogen-bond donors (Lipinski definition) is 1. The maximum atomic E-state index is 12.3. The number of nitrogens with one attached hydrogen (secondary N) is 1. The van der Waals surface area contributed by atoms with Gasteiger partial charge >= 0.3 is 5.97 Å². The van der Waals surface area contributed by atoms with Crippen molar-refractivity contribution in [3.05, 3.63) is 12.2 Å². The molecule has 2 fully saturated rings. The summed E-state index contributed by atoms with van der Waals surface area (Å²) in [6.45, 7) is 1.32. The van der Waals surface area contributed by atoms with Crippen molar-refractivity contribution in [1.29, 1.82) is 0 Å². The standard InChI is InChI=1S/C18H24N2O7S/c1-11(16(22)19-12-7-9-28(25,26)10-12)27-15(21)6-8-20-17(23)13-4-2-3-5-14(13)18(20)24/h2-3,11-14H,4-10H2,1H3,(H,19,22)/t11-,12+,13-,14+/m1/s1. The van der Waals surface area contributed by atoms with E-state index in [0.717, 1.165) is 4.90 Å². The first kappa shape index (κ1) is 20.5. The van der Waals surface area contributed by atoms with Gasteiger partial charge in [-0.15, -0.1) is 0 Å². The molecule has 0 radical (unpaired) electrons. The van der Waals surface area contributed by atoms with Gasteiger partial charge in [0.05, 0.1) is 29.8 Å². The molecule has 0 unspecified atom stereocenters. The van der Waals surface area contributed by atoms with Crippen LogP contribution in [0.25, 0.3) is 0 Å². The highest BCUT2D eigenvalue weighted by Gasteiger charge is 2.47. The van der Waals surface area contributed by atoms with E-state index < -0.39 is 33.9 Å². The first-order valence-electron chi connectivity index (χ1n) is 9.38. The Balaban J connectivity index is 1.44. The van der Waals surface area contributed by atoms with Crippen molar-refractivity contribution < 1.29 is 32.3 Å². The summed E-state index contributed by atoms with van der Waals surface area (Å²) in [7, 11) is -3.12. The van der Waals surface area contributed by atoms with Crippen LogP contribution in [0.2, 0.25) is 0 Å². The van der Waals surface area contributed by atoms with Crippen LogP contribution < -0.4 is 5.32 Å². The molecule has 0 saturated carbocycles. The summed E-state index contributed by atoms with van der Waals surface area (Å²) >= 11 is 0. The van der Waals surface area contributed by atoms with E-state index in [-0.39, 0.29) is 48.1 Å². The van der Waals surface area contributed by atoms with Crippen LogP contribution in [0.4, 0.5) is 0 Å². The van der Waals surface area contributed by atoms with E-state index in [1.807, 2.05) is 12.2 Å². The number of likely N-dealkylation sites (tertiary alicyclic amines) is 1. The highest BCUT2D eigenvalue weighted by Crippen LogP contribution is 2.35. The maximum absolute atomic E-state index is 12.3. The largest absolute Gasteiger partial charge is 0.452 e. The fraction of sp³-hybridized carbons (Fsp3) is 0.667. The molecule has 9 nitrogen and oxygen atoms in total. The second kappa shape index (κ2) is 8.02. The molecule has 0 aromatic carbocycles. The molecular formula is C18H24N2O7S. The van der Waals surface area contributed by atoms with Gasteiger partial charge in [-0.3, -0.25) is 24.1 Å². The second-order valence-corrected chi connectivity index (χ2v) is 9.70. The second-order valence-electron chi connectivity index (χ2n) is 7.47. The number of nitrogens with zero attached hydrogens (tertiary/aromatic N) is 1. The molecule has 2 heterocycles. The lowest BCUT2D eigenvalue weighted by Crippen LogP contribution is -2.43. The number of hydrogen-bond acceptors (Lipinski definition) is 7. The Bertz CT molecular complexity index is 794. The third-order valence-electron chi connectivity index (χ3n) is 5.39. The normalized spacial score (nSPS) is 29.5. The molecule has 2 aliphatic heterocycles. The zero-order chi connectivity index (χ0) is 20.5. The van der Waals surface area contributed by atoms with Crippen LogP contribution in [0.3, 0.4) is 0 Å². The van der Waals surface area contributed by atoms with Crippen molar-refractivity contribution in [2.24, 2.45) is 11.8 Å². The van der Waals surface area contributed by atoms with E-state index in [9.17, 15) is 27.6 Å². The Kier molecular flexibility index (Phi) is 5.87. The van der Waals surface area contributed by atoms with Crippen LogP contribution in [0, 0.1) is 11.8 Å². The summed E-state index contributed by atoms with van der Waals surface area (Å²) in [5.41, 5.74) is 0.